The Hall–Kier alpha value is -0.0800. The van der Waals surface area contributed by atoms with Gasteiger partial charge in [0, 0.05) is 0 Å². The van der Waals surface area contributed by atoms with E-state index in [2.05, 4.69) is 6.92 Å². The summed E-state index contributed by atoms with van der Waals surface area (Å²) in [6, 6.07) is 0. The van der Waals surface area contributed by atoms with Crippen molar-refractivity contribution >= 4 is 0 Å². The number of rotatable bonds is 0. The normalized spacial score (nSPS) is 54.0. The maximum absolute atomic E-state index is 10.3. The van der Waals surface area contributed by atoms with Crippen molar-refractivity contribution in [2.75, 3.05) is 0 Å². The van der Waals surface area contributed by atoms with Gasteiger partial charge in [-0.15, -0.1) is 0 Å². The van der Waals surface area contributed by atoms with E-state index in [1.54, 1.807) is 0 Å². The van der Waals surface area contributed by atoms with E-state index in [1.807, 2.05) is 6.92 Å². The van der Waals surface area contributed by atoms with Crippen LogP contribution >= 0.6 is 0 Å². The first-order valence-electron chi connectivity index (χ1n) is 5.84. The molecule has 0 aliphatic heterocycles. The van der Waals surface area contributed by atoms with Crippen LogP contribution in [0, 0.1) is 11.3 Å². The van der Waals surface area contributed by atoms with Crippen molar-refractivity contribution in [1.82, 2.24) is 0 Å². The first-order valence-corrected chi connectivity index (χ1v) is 5.84. The largest absolute Gasteiger partial charge is 0.393 e. The van der Waals surface area contributed by atoms with Gasteiger partial charge in [-0.25, -0.2) is 0 Å². The van der Waals surface area contributed by atoms with E-state index in [0.29, 0.717) is 5.92 Å². The maximum Gasteiger partial charge on any atom is 0.0654 e. The van der Waals surface area contributed by atoms with Crippen molar-refractivity contribution in [2.45, 2.75) is 64.1 Å². The molecule has 0 spiro atoms. The van der Waals surface area contributed by atoms with Gasteiger partial charge in [0.2, 0.25) is 0 Å². The molecule has 82 valence electrons. The van der Waals surface area contributed by atoms with Crippen LogP contribution in [0.1, 0.15) is 52.4 Å². The molecule has 0 aromatic carbocycles. The lowest BCUT2D eigenvalue weighted by Crippen LogP contribution is -2.52. The predicted molar refractivity (Wildman–Crippen MR) is 55.9 cm³/mol. The summed E-state index contributed by atoms with van der Waals surface area (Å²) in [7, 11) is 0. The Kier molecular flexibility index (Phi) is 2.39. The molecular weight excluding hydrogens is 176 g/mol. The van der Waals surface area contributed by atoms with Gasteiger partial charge in [-0.3, -0.25) is 0 Å². The van der Waals surface area contributed by atoms with Gasteiger partial charge in [0.1, 0.15) is 0 Å². The van der Waals surface area contributed by atoms with Crippen LogP contribution in [0.3, 0.4) is 0 Å². The van der Waals surface area contributed by atoms with Crippen molar-refractivity contribution in [3.05, 3.63) is 0 Å². The van der Waals surface area contributed by atoms with E-state index in [9.17, 15) is 10.2 Å². The topological polar surface area (TPSA) is 40.5 Å². The third-order valence-electron chi connectivity index (χ3n) is 4.58. The molecule has 4 atom stereocenters. The molecule has 0 radical (unpaired) electrons. The molecule has 2 rings (SSSR count). The molecule has 0 unspecified atom stereocenters. The highest BCUT2D eigenvalue weighted by Crippen LogP contribution is 2.53. The lowest BCUT2D eigenvalue weighted by atomic mass is 9.55. The number of aliphatic hydroxyl groups is 2. The first kappa shape index (κ1) is 10.4. The van der Waals surface area contributed by atoms with E-state index in [-0.39, 0.29) is 11.5 Å². The number of fused-ring (bicyclic) bond motifs is 1. The van der Waals surface area contributed by atoms with Crippen LogP contribution in [0.25, 0.3) is 0 Å². The summed E-state index contributed by atoms with van der Waals surface area (Å²) in [5.41, 5.74) is -0.268. The van der Waals surface area contributed by atoms with Gasteiger partial charge in [0.05, 0.1) is 11.7 Å². The molecule has 0 aromatic heterocycles. The Morgan fingerprint density at radius 3 is 2.57 bits per heavy atom. The average Bonchev–Trinajstić information content (AvgIpc) is 2.08. The van der Waals surface area contributed by atoms with Gasteiger partial charge >= 0.3 is 0 Å². The molecule has 2 saturated carbocycles. The Morgan fingerprint density at radius 2 is 1.86 bits per heavy atom. The second-order valence-corrected chi connectivity index (χ2v) is 5.85. The van der Waals surface area contributed by atoms with Crippen molar-refractivity contribution in [1.29, 1.82) is 0 Å². The first-order chi connectivity index (χ1) is 6.44. The lowest BCUT2D eigenvalue weighted by Gasteiger charge is -2.53. The van der Waals surface area contributed by atoms with Crippen LogP contribution < -0.4 is 0 Å². The molecule has 0 amide bonds. The van der Waals surface area contributed by atoms with E-state index >= 15 is 0 Å². The van der Waals surface area contributed by atoms with Gasteiger partial charge in [-0.2, -0.15) is 0 Å². The highest BCUT2D eigenvalue weighted by molar-refractivity contribution is 5.01. The minimum Gasteiger partial charge on any atom is -0.393 e. The van der Waals surface area contributed by atoms with Gasteiger partial charge in [-0.05, 0) is 50.4 Å². The smallest absolute Gasteiger partial charge is 0.0654 e. The zero-order valence-corrected chi connectivity index (χ0v) is 9.29. The lowest BCUT2D eigenvalue weighted by molar-refractivity contribution is -0.134. The van der Waals surface area contributed by atoms with Crippen molar-refractivity contribution < 1.29 is 10.2 Å². The van der Waals surface area contributed by atoms with Gasteiger partial charge in [0.15, 0.2) is 0 Å². The molecule has 0 heterocycles. The van der Waals surface area contributed by atoms with Crippen molar-refractivity contribution in [3.63, 3.8) is 0 Å². The number of hydrogen-bond acceptors (Lipinski definition) is 2. The van der Waals surface area contributed by atoms with E-state index < -0.39 is 5.60 Å². The molecule has 0 bridgehead atoms. The van der Waals surface area contributed by atoms with E-state index in [1.165, 1.54) is 6.42 Å². The van der Waals surface area contributed by atoms with Crippen LogP contribution in [-0.4, -0.2) is 21.9 Å². The molecule has 2 nitrogen and oxygen atoms in total. The average molecular weight is 198 g/mol. The third kappa shape index (κ3) is 1.59. The van der Waals surface area contributed by atoms with Gasteiger partial charge in [-0.1, -0.05) is 13.3 Å². The number of aliphatic hydroxyl groups excluding tert-OH is 1. The monoisotopic (exact) mass is 198 g/mol. The zero-order valence-electron chi connectivity index (χ0n) is 9.29. The summed E-state index contributed by atoms with van der Waals surface area (Å²) in [6.07, 6.45) is 5.87. The Balaban J connectivity index is 2.22. The third-order valence-corrected chi connectivity index (χ3v) is 4.58. The second-order valence-electron chi connectivity index (χ2n) is 5.85. The highest BCUT2D eigenvalue weighted by Gasteiger charge is 2.50. The molecule has 0 aromatic rings. The Morgan fingerprint density at radius 1 is 1.14 bits per heavy atom. The van der Waals surface area contributed by atoms with Crippen LogP contribution in [0.5, 0.6) is 0 Å². The summed E-state index contributed by atoms with van der Waals surface area (Å²) < 4.78 is 0. The standard InChI is InChI=1S/C12H22O2/c1-11-5-3-6-12(2,14)10(11)8-9(13)4-7-11/h9-10,13-14H,3-8H2,1-2H3/t9-,10-,11-,12-/m1/s1. The van der Waals surface area contributed by atoms with Crippen LogP contribution in [0.4, 0.5) is 0 Å². The summed E-state index contributed by atoms with van der Waals surface area (Å²) >= 11 is 0. The minimum absolute atomic E-state index is 0.183. The summed E-state index contributed by atoms with van der Waals surface area (Å²) in [6.45, 7) is 4.24. The van der Waals surface area contributed by atoms with Gasteiger partial charge < -0.3 is 10.2 Å². The highest BCUT2D eigenvalue weighted by atomic mass is 16.3. The van der Waals surface area contributed by atoms with E-state index in [4.69, 9.17) is 0 Å². The molecule has 14 heavy (non-hydrogen) atoms. The van der Waals surface area contributed by atoms with Crippen molar-refractivity contribution in [3.8, 4) is 0 Å². The van der Waals surface area contributed by atoms with E-state index in [0.717, 1.165) is 32.1 Å². The fourth-order valence-electron chi connectivity index (χ4n) is 3.67. The quantitative estimate of drug-likeness (QED) is 0.625. The zero-order chi connectivity index (χ0) is 10.4. The van der Waals surface area contributed by atoms with Crippen LogP contribution in [0.2, 0.25) is 0 Å². The van der Waals surface area contributed by atoms with Gasteiger partial charge in [0.25, 0.3) is 0 Å². The molecule has 2 fully saturated rings. The maximum atomic E-state index is 10.3. The molecule has 2 heteroatoms. The Bertz CT molecular complexity index is 224. The summed E-state index contributed by atoms with van der Waals surface area (Å²) in [5, 5.41) is 20.0. The Labute approximate surface area is 86.3 Å². The molecule has 0 saturated heterocycles. The molecule has 2 N–H and O–H groups in total. The molecule has 2 aliphatic carbocycles. The molecule has 2 aliphatic rings. The SMILES string of the molecule is C[C@]12CCC[C@@](C)(O)[C@@H]1C[C@H](O)CC2. The predicted octanol–water partition coefficient (Wildman–Crippen LogP) is 2.09. The second kappa shape index (κ2) is 3.21. The van der Waals surface area contributed by atoms with Crippen LogP contribution in [0.15, 0.2) is 0 Å². The summed E-state index contributed by atoms with van der Waals surface area (Å²) in [4.78, 5) is 0. The number of hydrogen-bond donors (Lipinski definition) is 2. The summed E-state index contributed by atoms with van der Waals surface area (Å²) in [5.74, 6) is 0.299. The fraction of sp³-hybridized carbons (Fsp3) is 1.00. The van der Waals surface area contributed by atoms with Crippen LogP contribution in [-0.2, 0) is 0 Å². The fourth-order valence-corrected chi connectivity index (χ4v) is 3.67. The minimum atomic E-state index is -0.547. The van der Waals surface area contributed by atoms with Crippen molar-refractivity contribution in [2.24, 2.45) is 11.3 Å². The molecular formula is C12H22O2.